The SMILES string of the molecule is CCCOc1cncc2nnc(CC(C)C)n12. The maximum atomic E-state index is 5.67. The third-order valence-corrected chi connectivity index (χ3v) is 2.40. The molecule has 0 N–H and O–H groups in total. The highest BCUT2D eigenvalue weighted by Gasteiger charge is 2.11. The fourth-order valence-electron chi connectivity index (χ4n) is 1.69. The Morgan fingerprint density at radius 2 is 2.12 bits per heavy atom. The Hall–Kier alpha value is -1.65. The molecular weight excluding hydrogens is 216 g/mol. The quantitative estimate of drug-likeness (QED) is 0.795. The van der Waals surface area contributed by atoms with Crippen LogP contribution in [0.15, 0.2) is 12.4 Å². The van der Waals surface area contributed by atoms with Crippen molar-refractivity contribution < 1.29 is 4.74 Å². The molecule has 0 spiro atoms. The largest absolute Gasteiger partial charge is 0.477 e. The summed E-state index contributed by atoms with van der Waals surface area (Å²) < 4.78 is 7.62. The van der Waals surface area contributed by atoms with Gasteiger partial charge in [-0.25, -0.2) is 4.40 Å². The first-order valence-electron chi connectivity index (χ1n) is 6.03. The number of hydrogen-bond donors (Lipinski definition) is 0. The number of ether oxygens (including phenoxy) is 1. The summed E-state index contributed by atoms with van der Waals surface area (Å²) in [5.41, 5.74) is 0.745. The van der Waals surface area contributed by atoms with E-state index >= 15 is 0 Å². The zero-order valence-corrected chi connectivity index (χ0v) is 10.6. The van der Waals surface area contributed by atoms with Gasteiger partial charge in [-0.2, -0.15) is 0 Å². The van der Waals surface area contributed by atoms with E-state index in [4.69, 9.17) is 4.74 Å². The molecule has 5 heteroatoms. The Kier molecular flexibility index (Phi) is 3.56. The van der Waals surface area contributed by atoms with Crippen LogP contribution in [0.2, 0.25) is 0 Å². The minimum atomic E-state index is 0.537. The predicted octanol–water partition coefficient (Wildman–Crippen LogP) is 2.11. The number of aromatic nitrogens is 4. The lowest BCUT2D eigenvalue weighted by molar-refractivity contribution is 0.298. The van der Waals surface area contributed by atoms with Gasteiger partial charge >= 0.3 is 0 Å². The Labute approximate surface area is 101 Å². The van der Waals surface area contributed by atoms with Gasteiger partial charge in [-0.05, 0) is 12.3 Å². The van der Waals surface area contributed by atoms with Gasteiger partial charge in [0.05, 0.1) is 19.0 Å². The normalized spacial score (nSPS) is 11.3. The van der Waals surface area contributed by atoms with E-state index in [2.05, 4.69) is 36.0 Å². The average Bonchev–Trinajstić information content (AvgIpc) is 2.70. The highest BCUT2D eigenvalue weighted by Crippen LogP contribution is 2.16. The van der Waals surface area contributed by atoms with Crippen molar-refractivity contribution in [3.63, 3.8) is 0 Å². The number of rotatable bonds is 5. The van der Waals surface area contributed by atoms with Crippen molar-refractivity contribution in [3.8, 4) is 5.88 Å². The third kappa shape index (κ3) is 2.54. The maximum Gasteiger partial charge on any atom is 0.219 e. The molecule has 0 saturated heterocycles. The molecule has 0 saturated carbocycles. The third-order valence-electron chi connectivity index (χ3n) is 2.40. The lowest BCUT2D eigenvalue weighted by Crippen LogP contribution is -2.06. The van der Waals surface area contributed by atoms with Crippen LogP contribution in [0.1, 0.15) is 33.0 Å². The van der Waals surface area contributed by atoms with Gasteiger partial charge in [0.2, 0.25) is 5.88 Å². The number of nitrogens with zero attached hydrogens (tertiary/aromatic N) is 4. The molecule has 0 unspecified atom stereocenters. The van der Waals surface area contributed by atoms with E-state index in [-0.39, 0.29) is 0 Å². The first-order chi connectivity index (χ1) is 8.22. The van der Waals surface area contributed by atoms with Gasteiger partial charge in [0, 0.05) is 6.42 Å². The van der Waals surface area contributed by atoms with Gasteiger partial charge in [-0.1, -0.05) is 20.8 Å². The molecule has 0 fully saturated rings. The van der Waals surface area contributed by atoms with E-state index in [1.54, 1.807) is 12.4 Å². The van der Waals surface area contributed by atoms with Gasteiger partial charge in [-0.15, -0.1) is 10.2 Å². The van der Waals surface area contributed by atoms with Gasteiger partial charge in [0.25, 0.3) is 0 Å². The van der Waals surface area contributed by atoms with Crippen LogP contribution in [0, 0.1) is 5.92 Å². The smallest absolute Gasteiger partial charge is 0.219 e. The van der Waals surface area contributed by atoms with Crippen LogP contribution < -0.4 is 4.74 Å². The average molecular weight is 234 g/mol. The predicted molar refractivity (Wildman–Crippen MR) is 65.1 cm³/mol. The zero-order valence-electron chi connectivity index (χ0n) is 10.6. The molecule has 92 valence electrons. The van der Waals surface area contributed by atoms with Gasteiger partial charge in [-0.3, -0.25) is 4.98 Å². The lowest BCUT2D eigenvalue weighted by Gasteiger charge is -2.09. The standard InChI is InChI=1S/C12H18N4O/c1-4-5-17-12-8-13-7-11-15-14-10(16(11)12)6-9(2)3/h7-9H,4-6H2,1-3H3. The van der Waals surface area contributed by atoms with E-state index < -0.39 is 0 Å². The minimum Gasteiger partial charge on any atom is -0.477 e. The monoisotopic (exact) mass is 234 g/mol. The Morgan fingerprint density at radius 1 is 1.29 bits per heavy atom. The van der Waals surface area contributed by atoms with Crippen LogP contribution in [-0.2, 0) is 6.42 Å². The van der Waals surface area contributed by atoms with Crippen molar-refractivity contribution >= 4 is 5.65 Å². The molecule has 0 aliphatic heterocycles. The number of hydrogen-bond acceptors (Lipinski definition) is 4. The molecule has 0 aliphatic carbocycles. The summed E-state index contributed by atoms with van der Waals surface area (Å²) in [5.74, 6) is 2.20. The summed E-state index contributed by atoms with van der Waals surface area (Å²) in [6, 6.07) is 0. The first-order valence-corrected chi connectivity index (χ1v) is 6.03. The summed E-state index contributed by atoms with van der Waals surface area (Å²) in [7, 11) is 0. The van der Waals surface area contributed by atoms with Crippen molar-refractivity contribution in [2.45, 2.75) is 33.6 Å². The summed E-state index contributed by atoms with van der Waals surface area (Å²) in [6.07, 6.45) is 5.27. The summed E-state index contributed by atoms with van der Waals surface area (Å²) in [4.78, 5) is 4.11. The molecule has 2 heterocycles. The Morgan fingerprint density at radius 3 is 2.82 bits per heavy atom. The van der Waals surface area contributed by atoms with Crippen LogP contribution >= 0.6 is 0 Å². The molecule has 0 aromatic carbocycles. The van der Waals surface area contributed by atoms with E-state index in [9.17, 15) is 0 Å². The second-order valence-corrected chi connectivity index (χ2v) is 4.50. The highest BCUT2D eigenvalue weighted by atomic mass is 16.5. The van der Waals surface area contributed by atoms with Crippen molar-refractivity contribution in [1.29, 1.82) is 0 Å². The second kappa shape index (κ2) is 5.12. The molecule has 2 aromatic heterocycles. The molecular formula is C12H18N4O. The first kappa shape index (κ1) is 11.8. The van der Waals surface area contributed by atoms with Gasteiger partial charge in [0.15, 0.2) is 5.65 Å². The fraction of sp³-hybridized carbons (Fsp3) is 0.583. The molecule has 2 aromatic rings. The van der Waals surface area contributed by atoms with E-state index in [0.29, 0.717) is 12.5 Å². The van der Waals surface area contributed by atoms with E-state index in [0.717, 1.165) is 30.2 Å². The number of fused-ring (bicyclic) bond motifs is 1. The maximum absolute atomic E-state index is 5.67. The van der Waals surface area contributed by atoms with Crippen molar-refractivity contribution in [3.05, 3.63) is 18.2 Å². The van der Waals surface area contributed by atoms with Crippen LogP contribution in [-0.4, -0.2) is 26.2 Å². The van der Waals surface area contributed by atoms with Crippen molar-refractivity contribution in [2.75, 3.05) is 6.61 Å². The Bertz CT molecular complexity index is 492. The molecule has 2 rings (SSSR count). The molecule has 0 bridgehead atoms. The van der Waals surface area contributed by atoms with Crippen LogP contribution in [0.25, 0.3) is 5.65 Å². The molecule has 0 amide bonds. The van der Waals surface area contributed by atoms with E-state index in [1.165, 1.54) is 0 Å². The summed E-state index contributed by atoms with van der Waals surface area (Å²) in [6.45, 7) is 7.08. The minimum absolute atomic E-state index is 0.537. The van der Waals surface area contributed by atoms with Crippen LogP contribution in [0.5, 0.6) is 5.88 Å². The van der Waals surface area contributed by atoms with Crippen molar-refractivity contribution in [2.24, 2.45) is 5.92 Å². The fourth-order valence-corrected chi connectivity index (χ4v) is 1.69. The van der Waals surface area contributed by atoms with E-state index in [1.807, 2.05) is 4.40 Å². The van der Waals surface area contributed by atoms with Crippen LogP contribution in [0.3, 0.4) is 0 Å². The molecule has 0 atom stereocenters. The highest BCUT2D eigenvalue weighted by molar-refractivity contribution is 5.38. The summed E-state index contributed by atoms with van der Waals surface area (Å²) in [5, 5.41) is 8.31. The lowest BCUT2D eigenvalue weighted by atomic mass is 10.1. The second-order valence-electron chi connectivity index (χ2n) is 4.50. The van der Waals surface area contributed by atoms with Gasteiger partial charge in [0.1, 0.15) is 5.82 Å². The summed E-state index contributed by atoms with van der Waals surface area (Å²) >= 11 is 0. The topological polar surface area (TPSA) is 52.3 Å². The van der Waals surface area contributed by atoms with Crippen molar-refractivity contribution in [1.82, 2.24) is 19.6 Å². The molecule has 17 heavy (non-hydrogen) atoms. The Balaban J connectivity index is 2.40. The van der Waals surface area contributed by atoms with Crippen LogP contribution in [0.4, 0.5) is 0 Å². The molecule has 0 radical (unpaired) electrons. The molecule has 0 aliphatic rings. The zero-order chi connectivity index (χ0) is 12.3. The van der Waals surface area contributed by atoms with Gasteiger partial charge < -0.3 is 4.74 Å². The molecule has 5 nitrogen and oxygen atoms in total.